The fourth-order valence-corrected chi connectivity index (χ4v) is 6.80. The molecular weight excluding hydrogens is 569 g/mol. The number of benzene rings is 8. The van der Waals surface area contributed by atoms with Crippen LogP contribution >= 0.6 is 0 Å². The van der Waals surface area contributed by atoms with Gasteiger partial charge >= 0.3 is 0 Å². The van der Waals surface area contributed by atoms with Crippen molar-refractivity contribution in [3.63, 3.8) is 0 Å². The molecule has 0 aliphatic carbocycles. The van der Waals surface area contributed by atoms with Gasteiger partial charge < -0.3 is 0 Å². The third-order valence-electron chi connectivity index (χ3n) is 8.91. The molecule has 0 saturated carbocycles. The van der Waals surface area contributed by atoms with Crippen molar-refractivity contribution >= 4 is 32.6 Å². The predicted octanol–water partition coefficient (Wildman–Crippen LogP) is 12.0. The van der Waals surface area contributed by atoms with E-state index in [0.717, 1.165) is 49.4 Å². The lowest BCUT2D eigenvalue weighted by atomic mass is 9.85. The Morgan fingerprint density at radius 1 is 0.404 bits per heavy atom. The first kappa shape index (κ1) is 22.3. The first-order chi connectivity index (χ1) is 25.4. The normalized spacial score (nSPS) is 12.9. The molecule has 0 spiro atoms. The van der Waals surface area contributed by atoms with E-state index >= 15 is 0 Å². The molecule has 0 bridgehead atoms. The second-order valence-electron chi connectivity index (χ2n) is 11.6. The summed E-state index contributed by atoms with van der Waals surface area (Å²) < 4.78 is 44.1. The minimum absolute atomic E-state index is 0.0654. The molecule has 0 aliphatic rings. The number of para-hydroxylation sites is 2. The zero-order valence-corrected chi connectivity index (χ0v) is 25.3. The van der Waals surface area contributed by atoms with Crippen LogP contribution in [-0.2, 0) is 0 Å². The highest BCUT2D eigenvalue weighted by molar-refractivity contribution is 6.21. The van der Waals surface area contributed by atoms with Crippen LogP contribution in [0.25, 0.3) is 83.0 Å². The van der Waals surface area contributed by atoms with Crippen LogP contribution < -0.4 is 0 Å². The Balaban J connectivity index is 1.22. The van der Waals surface area contributed by atoms with Crippen molar-refractivity contribution < 1.29 is 6.85 Å². The number of hydrogen-bond acceptors (Lipinski definition) is 1. The van der Waals surface area contributed by atoms with Gasteiger partial charge in [-0.2, -0.15) is 0 Å². The van der Waals surface area contributed by atoms with Crippen LogP contribution in [0.15, 0.2) is 182 Å². The second-order valence-corrected chi connectivity index (χ2v) is 11.6. The third kappa shape index (κ3) is 4.62. The molecule has 0 aliphatic heterocycles. The Labute approximate surface area is 280 Å². The molecule has 2 heteroatoms. The molecule has 47 heavy (non-hydrogen) atoms. The van der Waals surface area contributed by atoms with Gasteiger partial charge in [0.15, 0.2) is 0 Å². The van der Waals surface area contributed by atoms with Crippen LogP contribution in [0.2, 0.25) is 0 Å². The molecule has 1 heterocycles. The van der Waals surface area contributed by atoms with E-state index in [0.29, 0.717) is 11.3 Å². The molecule has 220 valence electrons. The quantitative estimate of drug-likeness (QED) is 0.179. The predicted molar refractivity (Wildman–Crippen MR) is 198 cm³/mol. The van der Waals surface area contributed by atoms with Crippen molar-refractivity contribution in [1.82, 2.24) is 9.55 Å². The van der Waals surface area contributed by atoms with Crippen molar-refractivity contribution in [1.29, 1.82) is 0 Å². The lowest BCUT2D eigenvalue weighted by Crippen LogP contribution is -1.97. The van der Waals surface area contributed by atoms with E-state index in [9.17, 15) is 0 Å². The highest BCUT2D eigenvalue weighted by atomic mass is 15.1. The highest BCUT2D eigenvalue weighted by Crippen LogP contribution is 2.44. The van der Waals surface area contributed by atoms with Crippen molar-refractivity contribution in [3.05, 3.63) is 182 Å². The fraction of sp³-hybridized carbons (Fsp3) is 0. The summed E-state index contributed by atoms with van der Waals surface area (Å²) in [6.45, 7) is 0. The lowest BCUT2D eigenvalue weighted by Gasteiger charge is -2.18. The smallest absolute Gasteiger partial charge is 0.145 e. The standard InChI is InChI=1S/C45H30N2/c1-3-13-31(14-4-1)32-23-25-33(26-24-32)43-37-17-7-9-19-39(37)44(40-20-10-8-18-38(40)43)34-27-29-36(30-28-34)47-42-22-12-11-21-41(42)46-45(47)35-15-5-2-6-16-35/h1-30H/i2D,5D,6D,15D,16D. The number of aromatic nitrogens is 2. The summed E-state index contributed by atoms with van der Waals surface area (Å²) in [4.78, 5) is 4.81. The Morgan fingerprint density at radius 3 is 1.47 bits per heavy atom. The van der Waals surface area contributed by atoms with Gasteiger partial charge in [-0.3, -0.25) is 4.57 Å². The molecule has 1 aromatic heterocycles. The zero-order valence-electron chi connectivity index (χ0n) is 30.3. The summed E-state index contributed by atoms with van der Waals surface area (Å²) >= 11 is 0. The van der Waals surface area contributed by atoms with E-state index in [-0.39, 0.29) is 29.7 Å². The minimum Gasteiger partial charge on any atom is -0.292 e. The molecule has 0 amide bonds. The van der Waals surface area contributed by atoms with Gasteiger partial charge in [-0.15, -0.1) is 0 Å². The number of fused-ring (bicyclic) bond motifs is 3. The summed E-state index contributed by atoms with van der Waals surface area (Å²) in [7, 11) is 0. The molecular formula is C45H30N2. The van der Waals surface area contributed by atoms with Gasteiger partial charge in [0.25, 0.3) is 0 Å². The van der Waals surface area contributed by atoms with Gasteiger partial charge in [0.05, 0.1) is 17.9 Å². The highest BCUT2D eigenvalue weighted by Gasteiger charge is 2.18. The summed E-state index contributed by atoms with van der Waals surface area (Å²) in [6.07, 6.45) is 0. The first-order valence-corrected chi connectivity index (χ1v) is 15.7. The number of rotatable bonds is 5. The van der Waals surface area contributed by atoms with Gasteiger partial charge in [-0.1, -0.05) is 158 Å². The molecule has 2 nitrogen and oxygen atoms in total. The van der Waals surface area contributed by atoms with Crippen molar-refractivity contribution in [2.24, 2.45) is 0 Å². The van der Waals surface area contributed by atoms with Crippen LogP contribution in [0.1, 0.15) is 6.85 Å². The molecule has 0 atom stereocenters. The fourth-order valence-electron chi connectivity index (χ4n) is 6.80. The third-order valence-corrected chi connectivity index (χ3v) is 8.91. The van der Waals surface area contributed by atoms with E-state index in [1.54, 1.807) is 0 Å². The van der Waals surface area contributed by atoms with Crippen molar-refractivity contribution in [2.45, 2.75) is 0 Å². The van der Waals surface area contributed by atoms with E-state index in [1.807, 2.05) is 47.0 Å². The largest absolute Gasteiger partial charge is 0.292 e. The van der Waals surface area contributed by atoms with Crippen molar-refractivity contribution in [3.8, 4) is 50.5 Å². The summed E-state index contributed by atoms with van der Waals surface area (Å²) in [6, 6.07) is 50.4. The Kier molecular flexibility index (Phi) is 5.35. The Bertz CT molecular complexity index is 2740. The number of hydrogen-bond donors (Lipinski definition) is 0. The van der Waals surface area contributed by atoms with E-state index in [1.165, 1.54) is 16.7 Å². The van der Waals surface area contributed by atoms with E-state index in [4.69, 9.17) is 11.8 Å². The number of imidazole rings is 1. The van der Waals surface area contributed by atoms with Gasteiger partial charge in [-0.05, 0) is 79.2 Å². The van der Waals surface area contributed by atoms with Crippen LogP contribution in [0.5, 0.6) is 0 Å². The van der Waals surface area contributed by atoms with Crippen molar-refractivity contribution in [2.75, 3.05) is 0 Å². The van der Waals surface area contributed by atoms with Gasteiger partial charge in [-0.25, -0.2) is 4.98 Å². The summed E-state index contributed by atoms with van der Waals surface area (Å²) in [5.74, 6) is 0.296. The molecule has 0 N–H and O–H groups in total. The second kappa shape index (κ2) is 11.3. The monoisotopic (exact) mass is 603 g/mol. The van der Waals surface area contributed by atoms with E-state index in [2.05, 4.69) is 109 Å². The van der Waals surface area contributed by atoms with E-state index < -0.39 is 6.04 Å². The van der Waals surface area contributed by atoms with Gasteiger partial charge in [0.2, 0.25) is 0 Å². The minimum atomic E-state index is -0.430. The van der Waals surface area contributed by atoms with Gasteiger partial charge in [0, 0.05) is 11.3 Å². The zero-order chi connectivity index (χ0) is 35.5. The molecule has 9 rings (SSSR count). The molecule has 0 radical (unpaired) electrons. The van der Waals surface area contributed by atoms with Crippen LogP contribution in [-0.4, -0.2) is 9.55 Å². The lowest BCUT2D eigenvalue weighted by molar-refractivity contribution is 1.10. The SMILES string of the molecule is [2H]c1c([2H])c([2H])c(-c2nc3ccccc3n2-c2ccc(-c3c4ccccc4c(-c4ccc(-c5ccccc5)cc4)c4ccccc34)cc2)c([2H])c1[2H]. The van der Waals surface area contributed by atoms with Crippen LogP contribution in [0.4, 0.5) is 0 Å². The molecule has 9 aromatic rings. The summed E-state index contributed by atoms with van der Waals surface area (Å²) in [5.41, 5.74) is 9.15. The molecule has 0 saturated heterocycles. The Hall–Kier alpha value is -6.25. The van der Waals surface area contributed by atoms with Crippen LogP contribution in [0.3, 0.4) is 0 Å². The number of nitrogens with zero attached hydrogens (tertiary/aromatic N) is 2. The maximum absolute atomic E-state index is 8.71. The first-order valence-electron chi connectivity index (χ1n) is 18.2. The molecule has 0 unspecified atom stereocenters. The molecule has 8 aromatic carbocycles. The average Bonchev–Trinajstić information content (AvgIpc) is 3.58. The van der Waals surface area contributed by atoms with Gasteiger partial charge in [0.1, 0.15) is 5.82 Å². The summed E-state index contributed by atoms with van der Waals surface area (Å²) in [5, 5.41) is 4.61. The van der Waals surface area contributed by atoms with Crippen LogP contribution in [0, 0.1) is 0 Å². The Morgan fingerprint density at radius 2 is 0.872 bits per heavy atom. The maximum atomic E-state index is 8.71. The molecule has 0 fully saturated rings. The maximum Gasteiger partial charge on any atom is 0.145 e. The average molecular weight is 604 g/mol. The topological polar surface area (TPSA) is 17.8 Å².